The molecular weight excluding hydrogens is 851 g/mol. The summed E-state index contributed by atoms with van der Waals surface area (Å²) in [6, 6.07) is 18.9. The number of fused-ring (bicyclic) bond motifs is 8. The van der Waals surface area contributed by atoms with Gasteiger partial charge in [-0.25, -0.2) is 0 Å². The molecule has 0 radical (unpaired) electrons. The highest BCUT2D eigenvalue weighted by Crippen LogP contribution is 2.50. The number of rotatable bonds is 6. The molecular formula is C58H57N3O7-2. The Balaban J connectivity index is 1.07. The van der Waals surface area contributed by atoms with Crippen molar-refractivity contribution in [2.75, 3.05) is 6.61 Å². The van der Waals surface area contributed by atoms with Crippen LogP contribution in [0.5, 0.6) is 17.2 Å². The van der Waals surface area contributed by atoms with Crippen molar-refractivity contribution in [3.8, 4) is 29.1 Å². The van der Waals surface area contributed by atoms with E-state index < -0.39 is 29.9 Å². The summed E-state index contributed by atoms with van der Waals surface area (Å²) >= 11 is 0. The zero-order valence-corrected chi connectivity index (χ0v) is 38.1. The third-order valence-corrected chi connectivity index (χ3v) is 15.6. The van der Waals surface area contributed by atoms with Crippen molar-refractivity contribution in [3.05, 3.63) is 158 Å². The number of allylic oxidation sites excluding steroid dienone is 2. The third-order valence-electron chi connectivity index (χ3n) is 15.6. The number of nitrogens with one attached hydrogen (secondary N) is 1. The van der Waals surface area contributed by atoms with Crippen LogP contribution < -0.4 is 9.72 Å². The zero-order chi connectivity index (χ0) is 46.5. The number of aromatic hydroxyl groups is 2. The summed E-state index contributed by atoms with van der Waals surface area (Å²) in [4.78, 5) is 38.9. The molecule has 7 bridgehead atoms. The van der Waals surface area contributed by atoms with Gasteiger partial charge in [0.25, 0.3) is 0 Å². The Morgan fingerprint density at radius 1 is 0.853 bits per heavy atom. The van der Waals surface area contributed by atoms with Gasteiger partial charge in [-0.1, -0.05) is 102 Å². The molecule has 3 aromatic carbocycles. The number of aliphatic hydroxyl groups is 2. The fraction of sp³-hybridized carbons (Fsp3) is 0.379. The zero-order valence-electron chi connectivity index (χ0n) is 38.1. The van der Waals surface area contributed by atoms with Crippen molar-refractivity contribution in [2.45, 2.75) is 113 Å². The van der Waals surface area contributed by atoms with E-state index in [4.69, 9.17) is 15.0 Å². The largest absolute Gasteiger partial charge is 0.664 e. The number of nitrogens with zero attached hydrogens (tertiary/aromatic N) is 2. The first-order valence-corrected chi connectivity index (χ1v) is 24.6. The highest BCUT2D eigenvalue weighted by Gasteiger charge is 2.43. The second-order valence-corrected chi connectivity index (χ2v) is 19.8. The van der Waals surface area contributed by atoms with Gasteiger partial charge in [0, 0.05) is 60.8 Å². The Kier molecular flexibility index (Phi) is 12.0. The number of phenols is 2. The van der Waals surface area contributed by atoms with E-state index >= 15 is 4.79 Å². The van der Waals surface area contributed by atoms with Crippen molar-refractivity contribution in [1.82, 2.24) is 9.97 Å². The van der Waals surface area contributed by atoms with E-state index in [9.17, 15) is 25.2 Å². The number of ketones is 2. The average molecular weight is 908 g/mol. The molecule has 0 saturated heterocycles. The monoisotopic (exact) mass is 907 g/mol. The molecule has 2 aromatic heterocycles. The van der Waals surface area contributed by atoms with Gasteiger partial charge in [-0.05, 0) is 121 Å². The molecule has 3 aliphatic heterocycles. The van der Waals surface area contributed by atoms with E-state index in [0.717, 1.165) is 88.7 Å². The van der Waals surface area contributed by atoms with Crippen molar-refractivity contribution in [3.63, 3.8) is 0 Å². The van der Waals surface area contributed by atoms with Gasteiger partial charge in [-0.2, -0.15) is 6.20 Å². The van der Waals surface area contributed by atoms with Crippen LogP contribution in [0.2, 0.25) is 0 Å². The van der Waals surface area contributed by atoms with E-state index in [1.165, 1.54) is 0 Å². The van der Waals surface area contributed by atoms with Gasteiger partial charge in [0.1, 0.15) is 11.5 Å². The number of hydrogen-bond donors (Lipinski definition) is 5. The number of ether oxygens (including phenoxy) is 1. The standard InChI is InChI=1S/C58H57N3O7/c62-26-23-45-53(65)20-14-35-28-37(56(66)54(31-35)68-38-6-1-2-7-38)27-34-13-17-40-43-19-18-41(46(40)30-34)44-22-25-60-58(44)61-49(8-4-10-52(43)64)48-32-50-42(21-24-59-50)47(55(48)57(45)67)29-33-11-15-36-5-3-9-51(63)39(36)16-12-33/h3,5,9,12-13,16-19,21-22,24-25,28,30-33,38,41,43,45,47,49,52,55,60,62-64,66H,1-2,6-7,10-11,14-15,20,23,26-27,29H2/q-2. The van der Waals surface area contributed by atoms with Crippen LogP contribution in [0.15, 0.2) is 96.9 Å². The summed E-state index contributed by atoms with van der Waals surface area (Å²) in [6.07, 6.45) is 20.0. The molecule has 68 heavy (non-hydrogen) atoms. The van der Waals surface area contributed by atoms with Crippen LogP contribution in [-0.2, 0) is 28.9 Å². The lowest BCUT2D eigenvalue weighted by Crippen LogP contribution is -2.39. The molecule has 5 aromatic rings. The first-order valence-electron chi connectivity index (χ1n) is 24.6. The lowest BCUT2D eigenvalue weighted by atomic mass is 9.66. The van der Waals surface area contributed by atoms with Crippen LogP contribution >= 0.6 is 0 Å². The number of aromatic nitrogens is 2. The summed E-state index contributed by atoms with van der Waals surface area (Å²) in [7, 11) is 0. The van der Waals surface area contributed by atoms with Crippen LogP contribution in [-0.4, -0.2) is 61.8 Å². The molecule has 348 valence electrons. The van der Waals surface area contributed by atoms with Crippen LogP contribution in [0.1, 0.15) is 131 Å². The van der Waals surface area contributed by atoms with E-state index in [2.05, 4.69) is 53.3 Å². The molecule has 7 aliphatic rings. The molecule has 12 rings (SSSR count). The number of H-pyrrole nitrogens is 1. The first-order chi connectivity index (χ1) is 33.2. The number of aromatic amines is 1. The Bertz CT molecular complexity index is 2920. The molecule has 8 unspecified atom stereocenters. The number of aliphatic hydroxyl groups excluding tert-OH is 2. The van der Waals surface area contributed by atoms with Crippen LogP contribution in [0.3, 0.4) is 0 Å². The normalized spacial score (nSPS) is 26.5. The van der Waals surface area contributed by atoms with E-state index in [1.807, 2.05) is 54.7 Å². The predicted octanol–water partition coefficient (Wildman–Crippen LogP) is 9.77. The van der Waals surface area contributed by atoms with E-state index in [-0.39, 0.29) is 72.8 Å². The fourth-order valence-electron chi connectivity index (χ4n) is 12.1. The summed E-state index contributed by atoms with van der Waals surface area (Å²) < 4.78 is 6.51. The van der Waals surface area contributed by atoms with Crippen molar-refractivity contribution in [2.24, 2.45) is 17.8 Å². The highest BCUT2D eigenvalue weighted by atomic mass is 16.5. The summed E-state index contributed by atoms with van der Waals surface area (Å²) in [6.45, 7) is -0.356. The molecule has 10 nitrogen and oxygen atoms in total. The lowest BCUT2D eigenvalue weighted by Gasteiger charge is -2.41. The Hall–Kier alpha value is -6.54. The van der Waals surface area contributed by atoms with Gasteiger partial charge in [0.15, 0.2) is 17.3 Å². The SMILES string of the molecule is O=C1CCc2cc(c(O)c(OC3CCCC3)c2)Cc2ccc3c(c2)C2C=CC3C(O)CC#CC([N-]c3[nH]ccc32)C2=Cc3[n-]ccc3C(CC3C=Cc4c(O)cccc4CC3)C2C(=O)C1CCO. The fourth-order valence-corrected chi connectivity index (χ4v) is 12.1. The lowest BCUT2D eigenvalue weighted by molar-refractivity contribution is -0.135. The maximum atomic E-state index is 15.9. The van der Waals surface area contributed by atoms with Crippen molar-refractivity contribution in [1.29, 1.82) is 0 Å². The summed E-state index contributed by atoms with van der Waals surface area (Å²) in [5.41, 5.74) is 9.57. The molecule has 5 heterocycles. The molecule has 1 saturated carbocycles. The van der Waals surface area contributed by atoms with Gasteiger partial charge in [-0.15, -0.1) is 11.6 Å². The van der Waals surface area contributed by atoms with Gasteiger partial charge >= 0.3 is 0 Å². The number of aryl methyl sites for hydroxylation is 2. The first kappa shape index (κ1) is 44.0. The molecule has 5 N–H and O–H groups in total. The number of carbonyl (C=O) groups excluding carboxylic acids is 2. The average Bonchev–Trinajstić information content (AvgIpc) is 4.12. The number of Topliss-reactive ketones (excluding diaryl/α,β-unsaturated/α-hetero) is 2. The van der Waals surface area contributed by atoms with Gasteiger partial charge in [-0.3, -0.25) is 9.59 Å². The summed E-state index contributed by atoms with van der Waals surface area (Å²) in [5.74, 6) is 4.59. The predicted molar refractivity (Wildman–Crippen MR) is 261 cm³/mol. The number of benzene rings is 3. The second kappa shape index (κ2) is 18.5. The Morgan fingerprint density at radius 2 is 1.74 bits per heavy atom. The minimum absolute atomic E-state index is 0.00629. The van der Waals surface area contributed by atoms with Crippen molar-refractivity contribution < 1.29 is 34.8 Å². The number of phenolic OH excluding ortho intramolecular Hbond substituents is 2. The molecule has 4 aliphatic carbocycles. The maximum absolute atomic E-state index is 15.9. The molecule has 10 heteroatoms. The van der Waals surface area contributed by atoms with Gasteiger partial charge in [0.05, 0.1) is 18.1 Å². The van der Waals surface area contributed by atoms with Crippen molar-refractivity contribution >= 4 is 29.5 Å². The molecule has 8 atom stereocenters. The quantitative estimate of drug-likeness (QED) is 0.0638. The van der Waals surface area contributed by atoms with Crippen LogP contribution in [0, 0.1) is 29.6 Å². The van der Waals surface area contributed by atoms with Gasteiger partial charge in [0.2, 0.25) is 0 Å². The van der Waals surface area contributed by atoms with E-state index in [0.29, 0.717) is 42.0 Å². The minimum Gasteiger partial charge on any atom is -0.664 e. The van der Waals surface area contributed by atoms with Crippen LogP contribution in [0.25, 0.3) is 17.5 Å². The van der Waals surface area contributed by atoms with E-state index in [1.54, 1.807) is 12.3 Å². The smallest absolute Gasteiger partial charge is 0.161 e. The topological polar surface area (TPSA) is 168 Å². The Morgan fingerprint density at radius 3 is 2.60 bits per heavy atom. The molecule has 0 amide bonds. The minimum atomic E-state index is -1.12. The molecule has 1 fully saturated rings. The molecule has 0 spiro atoms. The van der Waals surface area contributed by atoms with Crippen LogP contribution in [0.4, 0.5) is 5.82 Å². The second-order valence-electron chi connectivity index (χ2n) is 19.8. The van der Waals surface area contributed by atoms with Gasteiger partial charge < -0.3 is 40.4 Å². The number of hydrogen-bond acceptors (Lipinski definition) is 7. The summed E-state index contributed by atoms with van der Waals surface area (Å²) in [5, 5.41) is 50.7. The number of carbonyl (C=O) groups is 2. The highest BCUT2D eigenvalue weighted by molar-refractivity contribution is 6.05. The third kappa shape index (κ3) is 8.30. The Labute approximate surface area is 397 Å². The maximum Gasteiger partial charge on any atom is 0.161 e.